The maximum absolute atomic E-state index is 13.5. The molecule has 4 rings (SSSR count). The summed E-state index contributed by atoms with van der Waals surface area (Å²) in [7, 11) is 1.69. The molecule has 1 aromatic heterocycles. The van der Waals surface area contributed by atoms with Crippen LogP contribution in [0.4, 0.5) is 0 Å². The van der Waals surface area contributed by atoms with Crippen molar-refractivity contribution in [3.05, 3.63) is 35.5 Å². The van der Waals surface area contributed by atoms with Crippen LogP contribution in [0.3, 0.4) is 0 Å². The number of nitrogens with one attached hydrogen (secondary N) is 4. The van der Waals surface area contributed by atoms with E-state index in [4.69, 9.17) is 0 Å². The minimum Gasteiger partial charge on any atom is -0.391 e. The van der Waals surface area contributed by atoms with Crippen LogP contribution in [0, 0.1) is 6.92 Å². The van der Waals surface area contributed by atoms with E-state index in [0.717, 1.165) is 18.5 Å². The van der Waals surface area contributed by atoms with E-state index in [2.05, 4.69) is 52.3 Å². The molecule has 168 valence electrons. The number of likely N-dealkylation sites (N-methyl/N-ethyl adjacent to an activating group) is 1. The topological polar surface area (TPSA) is 109 Å². The Morgan fingerprint density at radius 2 is 2.06 bits per heavy atom. The van der Waals surface area contributed by atoms with Crippen LogP contribution < -0.4 is 16.0 Å². The summed E-state index contributed by atoms with van der Waals surface area (Å²) in [4.78, 5) is 31.1. The summed E-state index contributed by atoms with van der Waals surface area (Å²) < 4.78 is 0. The number of aliphatic hydroxyl groups excluding tert-OH is 1. The molecule has 2 saturated heterocycles. The van der Waals surface area contributed by atoms with Gasteiger partial charge in [0.2, 0.25) is 11.8 Å². The highest BCUT2D eigenvalue weighted by Crippen LogP contribution is 2.39. The van der Waals surface area contributed by atoms with Gasteiger partial charge in [-0.2, -0.15) is 0 Å². The van der Waals surface area contributed by atoms with Gasteiger partial charge in [0, 0.05) is 42.1 Å². The molecule has 0 radical (unpaired) electrons. The molecule has 3 heterocycles. The van der Waals surface area contributed by atoms with Gasteiger partial charge in [0.1, 0.15) is 6.04 Å². The van der Waals surface area contributed by atoms with Crippen molar-refractivity contribution in [2.24, 2.45) is 0 Å². The van der Waals surface area contributed by atoms with Gasteiger partial charge >= 0.3 is 0 Å². The van der Waals surface area contributed by atoms with Crippen LogP contribution in [0.25, 0.3) is 10.9 Å². The lowest BCUT2D eigenvalue weighted by molar-refractivity contribution is -0.140. The van der Waals surface area contributed by atoms with E-state index in [1.165, 1.54) is 16.5 Å². The largest absolute Gasteiger partial charge is 0.391 e. The summed E-state index contributed by atoms with van der Waals surface area (Å²) in [5.41, 5.74) is 3.51. The molecular formula is C23H33N5O3. The second-order valence-electron chi connectivity index (χ2n) is 8.96. The highest BCUT2D eigenvalue weighted by Gasteiger charge is 2.48. The number of aliphatic hydroxyl groups is 1. The molecule has 6 atom stereocenters. The molecule has 2 aromatic rings. The number of aromatic amines is 1. The summed E-state index contributed by atoms with van der Waals surface area (Å²) in [6.45, 7) is 6.75. The molecule has 0 unspecified atom stereocenters. The van der Waals surface area contributed by atoms with Crippen molar-refractivity contribution in [3.8, 4) is 0 Å². The number of carbonyl (C=O) groups is 2. The molecule has 31 heavy (non-hydrogen) atoms. The number of benzene rings is 1. The van der Waals surface area contributed by atoms with Crippen molar-refractivity contribution in [3.63, 3.8) is 0 Å². The van der Waals surface area contributed by atoms with Crippen molar-refractivity contribution in [2.45, 2.75) is 63.4 Å². The van der Waals surface area contributed by atoms with Crippen LogP contribution in [0.2, 0.25) is 0 Å². The van der Waals surface area contributed by atoms with E-state index in [1.807, 2.05) is 4.90 Å². The normalized spacial score (nSPS) is 26.0. The Labute approximate surface area is 182 Å². The summed E-state index contributed by atoms with van der Waals surface area (Å²) in [6.07, 6.45) is 1.94. The highest BCUT2D eigenvalue weighted by atomic mass is 16.3. The van der Waals surface area contributed by atoms with Crippen LogP contribution in [-0.2, 0) is 9.59 Å². The molecule has 5 N–H and O–H groups in total. The predicted octanol–water partition coefficient (Wildman–Crippen LogP) is 0.606. The molecule has 0 saturated carbocycles. The Morgan fingerprint density at radius 1 is 1.29 bits per heavy atom. The number of nitrogens with zero attached hydrogens (tertiary/aromatic N) is 1. The number of likely N-dealkylation sites (tertiary alicyclic amines) is 1. The van der Waals surface area contributed by atoms with Crippen molar-refractivity contribution in [2.75, 3.05) is 20.1 Å². The molecule has 1 aromatic carbocycles. The number of aromatic nitrogens is 1. The summed E-state index contributed by atoms with van der Waals surface area (Å²) in [5.74, 6) is -0.372. The molecule has 0 bridgehead atoms. The standard InChI is InChI=1S/C23H33N5O3/c1-12-5-6-15-16(10-26-19(15)9-12)17-11-25-18-7-8-28(21(17)18)23(31)20(14(3)29)27-22(30)13(2)24-4/h5-6,9-10,13-14,17-18,20-21,24-26,29H,7-8,11H2,1-4H3,(H,27,30)/t13-,14+,17+,18+,20-,21+/m0/s1. The van der Waals surface area contributed by atoms with Gasteiger partial charge in [-0.3, -0.25) is 9.59 Å². The molecule has 0 spiro atoms. The van der Waals surface area contributed by atoms with Crippen molar-refractivity contribution >= 4 is 22.7 Å². The predicted molar refractivity (Wildman–Crippen MR) is 120 cm³/mol. The van der Waals surface area contributed by atoms with E-state index in [1.54, 1.807) is 20.9 Å². The number of amides is 2. The number of aryl methyl sites for hydroxylation is 1. The van der Waals surface area contributed by atoms with Crippen LogP contribution in [0.5, 0.6) is 0 Å². The first-order valence-electron chi connectivity index (χ1n) is 11.1. The maximum atomic E-state index is 13.5. The third kappa shape index (κ3) is 3.95. The van der Waals surface area contributed by atoms with Gasteiger partial charge in [-0.25, -0.2) is 0 Å². The summed E-state index contributed by atoms with van der Waals surface area (Å²) in [6, 6.07) is 5.18. The first-order chi connectivity index (χ1) is 14.8. The van der Waals surface area contributed by atoms with E-state index in [9.17, 15) is 14.7 Å². The Hall–Kier alpha value is -2.42. The van der Waals surface area contributed by atoms with Gasteiger partial charge in [-0.05, 0) is 51.4 Å². The maximum Gasteiger partial charge on any atom is 0.248 e. The lowest BCUT2D eigenvalue weighted by Crippen LogP contribution is -2.58. The van der Waals surface area contributed by atoms with Gasteiger partial charge in [0.15, 0.2) is 0 Å². The minimum absolute atomic E-state index is 0.00678. The second-order valence-corrected chi connectivity index (χ2v) is 8.96. The van der Waals surface area contributed by atoms with Crippen molar-refractivity contribution in [1.29, 1.82) is 0 Å². The number of rotatable bonds is 6. The average molecular weight is 428 g/mol. The third-order valence-corrected chi connectivity index (χ3v) is 6.89. The molecule has 8 heteroatoms. The quantitative estimate of drug-likeness (QED) is 0.464. The van der Waals surface area contributed by atoms with E-state index >= 15 is 0 Å². The van der Waals surface area contributed by atoms with Gasteiger partial charge in [-0.15, -0.1) is 0 Å². The number of hydrogen-bond acceptors (Lipinski definition) is 5. The number of hydrogen-bond donors (Lipinski definition) is 5. The first kappa shape index (κ1) is 21.8. The summed E-state index contributed by atoms with van der Waals surface area (Å²) in [5, 5.41) is 20.7. The first-order valence-corrected chi connectivity index (χ1v) is 11.1. The van der Waals surface area contributed by atoms with Crippen LogP contribution in [0.15, 0.2) is 24.4 Å². The molecule has 0 aliphatic carbocycles. The second kappa shape index (κ2) is 8.61. The van der Waals surface area contributed by atoms with Crippen molar-refractivity contribution < 1.29 is 14.7 Å². The van der Waals surface area contributed by atoms with E-state index in [-0.39, 0.29) is 29.8 Å². The fourth-order valence-corrected chi connectivity index (χ4v) is 5.03. The molecule has 2 amide bonds. The molecular weight excluding hydrogens is 394 g/mol. The van der Waals surface area contributed by atoms with Gasteiger partial charge in [0.25, 0.3) is 0 Å². The Bertz CT molecular complexity index is 971. The lowest BCUT2D eigenvalue weighted by atomic mass is 9.90. The third-order valence-electron chi connectivity index (χ3n) is 6.89. The fraction of sp³-hybridized carbons (Fsp3) is 0.565. The molecule has 2 aliphatic heterocycles. The zero-order valence-corrected chi connectivity index (χ0v) is 18.6. The Morgan fingerprint density at radius 3 is 2.77 bits per heavy atom. The zero-order valence-electron chi connectivity index (χ0n) is 18.6. The fourth-order valence-electron chi connectivity index (χ4n) is 5.03. The monoisotopic (exact) mass is 427 g/mol. The smallest absolute Gasteiger partial charge is 0.248 e. The Balaban J connectivity index is 1.60. The van der Waals surface area contributed by atoms with E-state index < -0.39 is 18.2 Å². The van der Waals surface area contributed by atoms with Gasteiger partial charge < -0.3 is 30.9 Å². The van der Waals surface area contributed by atoms with Gasteiger partial charge in [0.05, 0.1) is 18.2 Å². The highest BCUT2D eigenvalue weighted by molar-refractivity contribution is 5.91. The van der Waals surface area contributed by atoms with Crippen LogP contribution >= 0.6 is 0 Å². The number of H-pyrrole nitrogens is 1. The zero-order chi connectivity index (χ0) is 22.3. The SMILES string of the molecule is CN[C@@H](C)C(=O)N[C@H](C(=O)N1CC[C@H]2NC[C@H](c3c[nH]c4cc(C)ccc34)[C@H]21)[C@@H](C)O. The van der Waals surface area contributed by atoms with Crippen LogP contribution in [-0.4, -0.2) is 77.2 Å². The molecule has 8 nitrogen and oxygen atoms in total. The van der Waals surface area contributed by atoms with Gasteiger partial charge in [-0.1, -0.05) is 12.1 Å². The van der Waals surface area contributed by atoms with E-state index in [0.29, 0.717) is 6.54 Å². The lowest BCUT2D eigenvalue weighted by Gasteiger charge is -2.33. The Kier molecular flexibility index (Phi) is 6.05. The van der Waals surface area contributed by atoms with Crippen molar-refractivity contribution in [1.82, 2.24) is 25.8 Å². The molecule has 2 fully saturated rings. The number of fused-ring (bicyclic) bond motifs is 2. The summed E-state index contributed by atoms with van der Waals surface area (Å²) >= 11 is 0. The molecule has 2 aliphatic rings. The van der Waals surface area contributed by atoms with Crippen LogP contribution in [0.1, 0.15) is 37.3 Å². The minimum atomic E-state index is -0.983. The number of carbonyl (C=O) groups excluding carboxylic acids is 2. The average Bonchev–Trinajstić information content (AvgIpc) is 3.44.